The molecule has 1 heterocycles. The van der Waals surface area contributed by atoms with Gasteiger partial charge in [-0.2, -0.15) is 0 Å². The largest absolute Gasteiger partial charge is 0.497 e. The molecule has 0 spiro atoms. The predicted molar refractivity (Wildman–Crippen MR) is 57.6 cm³/mol. The summed E-state index contributed by atoms with van der Waals surface area (Å²) in [5.74, 6) is -1.11. The fourth-order valence-corrected chi connectivity index (χ4v) is 1.59. The monoisotopic (exact) mass is 239 g/mol. The summed E-state index contributed by atoms with van der Waals surface area (Å²) in [5, 5.41) is 0. The van der Waals surface area contributed by atoms with Crippen molar-refractivity contribution < 1.29 is 17.9 Å². The van der Waals surface area contributed by atoms with E-state index >= 15 is 0 Å². The van der Waals surface area contributed by atoms with Crippen LogP contribution in [0.1, 0.15) is 17.4 Å². The Labute approximate surface area is 96.8 Å². The van der Waals surface area contributed by atoms with Gasteiger partial charge in [-0.05, 0) is 12.1 Å². The average molecular weight is 239 g/mol. The highest BCUT2D eigenvalue weighted by atomic mass is 19.1. The van der Waals surface area contributed by atoms with E-state index in [4.69, 9.17) is 14.9 Å². The number of halogens is 2. The van der Waals surface area contributed by atoms with Gasteiger partial charge in [0, 0.05) is 17.7 Å². The van der Waals surface area contributed by atoms with Crippen LogP contribution in [-0.4, -0.2) is 7.11 Å². The van der Waals surface area contributed by atoms with E-state index in [0.717, 1.165) is 12.1 Å². The highest BCUT2D eigenvalue weighted by Gasteiger charge is 2.21. The van der Waals surface area contributed by atoms with Gasteiger partial charge in [0.25, 0.3) is 0 Å². The molecule has 17 heavy (non-hydrogen) atoms. The lowest BCUT2D eigenvalue weighted by atomic mass is 10.0. The lowest BCUT2D eigenvalue weighted by molar-refractivity contribution is 0.402. The molecule has 0 saturated heterocycles. The molecule has 5 heteroatoms. The number of methoxy groups -OCH3 is 1. The molecule has 1 aromatic carbocycles. The first-order valence-corrected chi connectivity index (χ1v) is 4.95. The molecule has 0 aliphatic heterocycles. The number of nitrogens with two attached hydrogens (primary N) is 1. The zero-order valence-corrected chi connectivity index (χ0v) is 9.11. The molecule has 0 fully saturated rings. The molecule has 1 atom stereocenters. The minimum absolute atomic E-state index is 0.107. The standard InChI is InChI=1S/C12H11F2NO2/c1-16-7-5-8(13)11(9(14)6-7)12(15)10-3-2-4-17-10/h2-6,12H,15H2,1H3. The zero-order valence-electron chi connectivity index (χ0n) is 9.11. The first-order chi connectivity index (χ1) is 8.13. The van der Waals surface area contributed by atoms with Crippen molar-refractivity contribution in [2.24, 2.45) is 5.73 Å². The van der Waals surface area contributed by atoms with Crippen molar-refractivity contribution in [1.82, 2.24) is 0 Å². The third kappa shape index (κ3) is 2.14. The van der Waals surface area contributed by atoms with Gasteiger partial charge in [-0.15, -0.1) is 0 Å². The van der Waals surface area contributed by atoms with E-state index in [2.05, 4.69) is 0 Å². The Balaban J connectivity index is 2.45. The average Bonchev–Trinajstić information content (AvgIpc) is 2.81. The summed E-state index contributed by atoms with van der Waals surface area (Å²) in [7, 11) is 1.33. The van der Waals surface area contributed by atoms with E-state index in [-0.39, 0.29) is 11.3 Å². The maximum Gasteiger partial charge on any atom is 0.135 e. The maximum atomic E-state index is 13.7. The topological polar surface area (TPSA) is 48.4 Å². The van der Waals surface area contributed by atoms with Crippen LogP contribution < -0.4 is 10.5 Å². The third-order valence-electron chi connectivity index (χ3n) is 2.45. The Kier molecular flexibility index (Phi) is 3.10. The summed E-state index contributed by atoms with van der Waals surface area (Å²) in [6.07, 6.45) is 1.40. The van der Waals surface area contributed by atoms with E-state index in [1.165, 1.54) is 13.4 Å². The lowest BCUT2D eigenvalue weighted by Gasteiger charge is -2.12. The fourth-order valence-electron chi connectivity index (χ4n) is 1.59. The van der Waals surface area contributed by atoms with Crippen LogP contribution in [0.15, 0.2) is 34.9 Å². The maximum absolute atomic E-state index is 13.7. The molecule has 0 aliphatic rings. The summed E-state index contributed by atoms with van der Waals surface area (Å²) < 4.78 is 37.2. The SMILES string of the molecule is COc1cc(F)c(C(N)c2ccco2)c(F)c1. The quantitative estimate of drug-likeness (QED) is 0.895. The van der Waals surface area contributed by atoms with Crippen LogP contribution in [0.4, 0.5) is 8.78 Å². The highest BCUT2D eigenvalue weighted by molar-refractivity contribution is 5.35. The molecular weight excluding hydrogens is 228 g/mol. The second-order valence-electron chi connectivity index (χ2n) is 3.50. The Bertz CT molecular complexity index is 488. The van der Waals surface area contributed by atoms with E-state index in [1.807, 2.05) is 0 Å². The van der Waals surface area contributed by atoms with Crippen LogP contribution in [0, 0.1) is 11.6 Å². The van der Waals surface area contributed by atoms with E-state index < -0.39 is 17.7 Å². The predicted octanol–water partition coefficient (Wildman–Crippen LogP) is 2.61. The van der Waals surface area contributed by atoms with Crippen molar-refractivity contribution in [3.8, 4) is 5.75 Å². The second kappa shape index (κ2) is 4.55. The van der Waals surface area contributed by atoms with E-state index in [9.17, 15) is 8.78 Å². The van der Waals surface area contributed by atoms with E-state index in [1.54, 1.807) is 12.1 Å². The van der Waals surface area contributed by atoms with Crippen molar-refractivity contribution in [2.45, 2.75) is 6.04 Å². The minimum atomic E-state index is -0.976. The first-order valence-electron chi connectivity index (χ1n) is 4.95. The van der Waals surface area contributed by atoms with Crippen molar-refractivity contribution in [3.63, 3.8) is 0 Å². The van der Waals surface area contributed by atoms with Crippen molar-refractivity contribution in [1.29, 1.82) is 0 Å². The number of hydrogen-bond acceptors (Lipinski definition) is 3. The summed E-state index contributed by atoms with van der Waals surface area (Å²) in [6.45, 7) is 0. The van der Waals surface area contributed by atoms with Crippen molar-refractivity contribution in [2.75, 3.05) is 7.11 Å². The molecule has 1 aromatic heterocycles. The fraction of sp³-hybridized carbons (Fsp3) is 0.167. The number of rotatable bonds is 3. The first kappa shape index (κ1) is 11.6. The molecule has 0 bridgehead atoms. The summed E-state index contributed by atoms with van der Waals surface area (Å²) in [6, 6.07) is 4.36. The molecule has 1 unspecified atom stereocenters. The summed E-state index contributed by atoms with van der Waals surface area (Å²) in [5.41, 5.74) is 5.50. The van der Waals surface area contributed by atoms with Gasteiger partial charge in [0.2, 0.25) is 0 Å². The normalized spacial score (nSPS) is 12.5. The Morgan fingerprint density at radius 3 is 2.41 bits per heavy atom. The zero-order chi connectivity index (χ0) is 12.4. The molecule has 90 valence electrons. The molecular formula is C12H11F2NO2. The Morgan fingerprint density at radius 1 is 1.29 bits per heavy atom. The molecule has 2 aromatic rings. The molecule has 2 N–H and O–H groups in total. The Hall–Kier alpha value is -1.88. The number of ether oxygens (including phenoxy) is 1. The van der Waals surface area contributed by atoms with Crippen molar-refractivity contribution >= 4 is 0 Å². The van der Waals surface area contributed by atoms with E-state index in [0.29, 0.717) is 5.76 Å². The van der Waals surface area contributed by atoms with Gasteiger partial charge in [0.1, 0.15) is 23.1 Å². The van der Waals surface area contributed by atoms with Crippen LogP contribution >= 0.6 is 0 Å². The molecule has 0 aliphatic carbocycles. The van der Waals surface area contributed by atoms with Crippen LogP contribution in [0.25, 0.3) is 0 Å². The van der Waals surface area contributed by atoms with Crippen LogP contribution in [0.5, 0.6) is 5.75 Å². The molecule has 0 radical (unpaired) electrons. The Morgan fingerprint density at radius 2 is 1.94 bits per heavy atom. The van der Waals surface area contributed by atoms with Crippen LogP contribution in [0.2, 0.25) is 0 Å². The third-order valence-corrected chi connectivity index (χ3v) is 2.45. The number of benzene rings is 1. The van der Waals surface area contributed by atoms with Crippen LogP contribution in [0.3, 0.4) is 0 Å². The van der Waals surface area contributed by atoms with Crippen LogP contribution in [-0.2, 0) is 0 Å². The minimum Gasteiger partial charge on any atom is -0.497 e. The van der Waals surface area contributed by atoms with Gasteiger partial charge in [0.15, 0.2) is 0 Å². The number of hydrogen-bond donors (Lipinski definition) is 1. The smallest absolute Gasteiger partial charge is 0.135 e. The highest BCUT2D eigenvalue weighted by Crippen LogP contribution is 2.28. The molecule has 2 rings (SSSR count). The summed E-state index contributed by atoms with van der Waals surface area (Å²) in [4.78, 5) is 0. The summed E-state index contributed by atoms with van der Waals surface area (Å²) >= 11 is 0. The molecule has 0 saturated carbocycles. The number of furan rings is 1. The van der Waals surface area contributed by atoms with Crippen molar-refractivity contribution in [3.05, 3.63) is 53.5 Å². The lowest BCUT2D eigenvalue weighted by Crippen LogP contribution is -2.15. The van der Waals surface area contributed by atoms with Gasteiger partial charge < -0.3 is 14.9 Å². The van der Waals surface area contributed by atoms with Gasteiger partial charge in [0.05, 0.1) is 19.4 Å². The second-order valence-corrected chi connectivity index (χ2v) is 3.50. The van der Waals surface area contributed by atoms with Gasteiger partial charge in [-0.1, -0.05) is 0 Å². The molecule has 3 nitrogen and oxygen atoms in total. The molecule has 0 amide bonds. The van der Waals surface area contributed by atoms with Gasteiger partial charge in [-0.25, -0.2) is 8.78 Å². The van der Waals surface area contributed by atoms with Gasteiger partial charge >= 0.3 is 0 Å². The van der Waals surface area contributed by atoms with Gasteiger partial charge in [-0.3, -0.25) is 0 Å².